The van der Waals surface area contributed by atoms with Gasteiger partial charge in [0.2, 0.25) is 0 Å². The summed E-state index contributed by atoms with van der Waals surface area (Å²) in [5.41, 5.74) is 0.134. The van der Waals surface area contributed by atoms with Crippen LogP contribution in [0.1, 0.15) is 31.7 Å². The van der Waals surface area contributed by atoms with Crippen LogP contribution in [0.4, 0.5) is 10.1 Å². The zero-order valence-corrected chi connectivity index (χ0v) is 11.2. The number of nitro groups is 1. The fourth-order valence-corrected chi connectivity index (χ4v) is 2.02. The van der Waals surface area contributed by atoms with E-state index in [-0.39, 0.29) is 29.7 Å². The predicted octanol–water partition coefficient (Wildman–Crippen LogP) is 3.04. The lowest BCUT2D eigenvalue weighted by molar-refractivity contribution is -0.385. The summed E-state index contributed by atoms with van der Waals surface area (Å²) < 4.78 is 19.2. The molecule has 0 amide bonds. The highest BCUT2D eigenvalue weighted by atomic mass is 19.1. The Balaban J connectivity index is 2.20. The van der Waals surface area contributed by atoms with Crippen molar-refractivity contribution in [3.63, 3.8) is 0 Å². The van der Waals surface area contributed by atoms with E-state index >= 15 is 0 Å². The lowest BCUT2D eigenvalue weighted by atomic mass is 10.1. The number of hydrogen-bond acceptors (Lipinski definition) is 4. The molecule has 1 fully saturated rings. The zero-order valence-electron chi connectivity index (χ0n) is 11.2. The number of aryl methyl sites for hydroxylation is 1. The summed E-state index contributed by atoms with van der Waals surface area (Å²) in [5, 5.41) is 10.7. The van der Waals surface area contributed by atoms with Gasteiger partial charge >= 0.3 is 0 Å². The van der Waals surface area contributed by atoms with E-state index in [2.05, 4.69) is 0 Å². The van der Waals surface area contributed by atoms with E-state index in [1.54, 1.807) is 0 Å². The van der Waals surface area contributed by atoms with Gasteiger partial charge in [-0.3, -0.25) is 14.9 Å². The molecule has 6 heteroatoms. The molecule has 1 aromatic carbocycles. The maximum absolute atomic E-state index is 13.9. The summed E-state index contributed by atoms with van der Waals surface area (Å²) in [6, 6.07) is 2.14. The van der Waals surface area contributed by atoms with Gasteiger partial charge in [-0.2, -0.15) is 0 Å². The molecule has 1 aromatic rings. The Morgan fingerprint density at radius 1 is 1.50 bits per heavy atom. The SMILES string of the molecule is CCCc1cc([N+](=O)[O-])cc(F)c1OCC(=O)C1CC1. The number of nitrogens with zero attached hydrogens (tertiary/aromatic N) is 1. The maximum Gasteiger partial charge on any atom is 0.272 e. The van der Waals surface area contributed by atoms with Crippen molar-refractivity contribution in [2.24, 2.45) is 5.92 Å². The molecular formula is C14H16FNO4. The van der Waals surface area contributed by atoms with E-state index in [1.165, 1.54) is 6.07 Å². The molecule has 0 aromatic heterocycles. The number of hydrogen-bond donors (Lipinski definition) is 0. The van der Waals surface area contributed by atoms with Crippen LogP contribution >= 0.6 is 0 Å². The van der Waals surface area contributed by atoms with Crippen LogP contribution in [-0.2, 0) is 11.2 Å². The second-order valence-corrected chi connectivity index (χ2v) is 4.95. The number of Topliss-reactive ketones (excluding diaryl/α,β-unsaturated/α-hetero) is 1. The first-order chi connectivity index (χ1) is 9.52. The van der Waals surface area contributed by atoms with E-state index in [9.17, 15) is 19.3 Å². The second kappa shape index (κ2) is 5.98. The molecule has 0 N–H and O–H groups in total. The average molecular weight is 281 g/mol. The van der Waals surface area contributed by atoms with Crippen molar-refractivity contribution >= 4 is 11.5 Å². The van der Waals surface area contributed by atoms with E-state index in [0.717, 1.165) is 18.9 Å². The van der Waals surface area contributed by atoms with E-state index in [0.29, 0.717) is 18.4 Å². The summed E-state index contributed by atoms with van der Waals surface area (Å²) >= 11 is 0. The highest BCUT2D eigenvalue weighted by Gasteiger charge is 2.30. The standard InChI is InChI=1S/C14H16FNO4/c1-2-3-10-6-11(16(18)19)7-12(15)14(10)20-8-13(17)9-4-5-9/h6-7,9H,2-5,8H2,1H3. The van der Waals surface area contributed by atoms with Crippen LogP contribution in [0.3, 0.4) is 0 Å². The third-order valence-corrected chi connectivity index (χ3v) is 3.23. The molecule has 1 saturated carbocycles. The average Bonchev–Trinajstić information content (AvgIpc) is 3.21. The first-order valence-corrected chi connectivity index (χ1v) is 6.65. The summed E-state index contributed by atoms with van der Waals surface area (Å²) in [4.78, 5) is 21.7. The maximum atomic E-state index is 13.9. The number of carbonyl (C=O) groups excluding carboxylic acids is 1. The Labute approximate surface area is 115 Å². The van der Waals surface area contributed by atoms with Crippen LogP contribution in [0, 0.1) is 21.8 Å². The minimum atomic E-state index is -0.786. The summed E-state index contributed by atoms with van der Waals surface area (Å²) in [6.45, 7) is 1.71. The highest BCUT2D eigenvalue weighted by Crippen LogP contribution is 2.32. The summed E-state index contributed by atoms with van der Waals surface area (Å²) in [5.74, 6) is -0.811. The van der Waals surface area contributed by atoms with Crippen LogP contribution in [0.2, 0.25) is 0 Å². The number of nitro benzene ring substituents is 1. The van der Waals surface area contributed by atoms with Crippen molar-refractivity contribution < 1.29 is 18.8 Å². The Morgan fingerprint density at radius 2 is 2.20 bits per heavy atom. The Morgan fingerprint density at radius 3 is 2.75 bits per heavy atom. The number of rotatable bonds is 7. The fourth-order valence-electron chi connectivity index (χ4n) is 2.02. The predicted molar refractivity (Wildman–Crippen MR) is 70.3 cm³/mol. The normalized spacial score (nSPS) is 14.1. The lowest BCUT2D eigenvalue weighted by Crippen LogP contribution is -2.14. The quantitative estimate of drug-likeness (QED) is 0.569. The lowest BCUT2D eigenvalue weighted by Gasteiger charge is -2.11. The smallest absolute Gasteiger partial charge is 0.272 e. The van der Waals surface area contributed by atoms with Gasteiger partial charge in [0.1, 0.15) is 6.61 Å². The molecule has 0 unspecified atom stereocenters. The van der Waals surface area contributed by atoms with Gasteiger partial charge in [-0.15, -0.1) is 0 Å². The van der Waals surface area contributed by atoms with E-state index in [1.807, 2.05) is 6.92 Å². The molecule has 2 rings (SSSR count). The molecule has 0 radical (unpaired) electrons. The molecule has 1 aliphatic rings. The van der Waals surface area contributed by atoms with Crippen molar-refractivity contribution in [3.8, 4) is 5.75 Å². The molecule has 108 valence electrons. The van der Waals surface area contributed by atoms with Crippen LogP contribution in [0.15, 0.2) is 12.1 Å². The van der Waals surface area contributed by atoms with E-state index in [4.69, 9.17) is 4.74 Å². The van der Waals surface area contributed by atoms with Crippen molar-refractivity contribution in [1.82, 2.24) is 0 Å². The molecule has 0 bridgehead atoms. The molecule has 0 atom stereocenters. The number of halogens is 1. The van der Waals surface area contributed by atoms with Gasteiger partial charge in [0.05, 0.1) is 11.0 Å². The molecule has 0 heterocycles. The van der Waals surface area contributed by atoms with Gasteiger partial charge in [-0.1, -0.05) is 13.3 Å². The molecular weight excluding hydrogens is 265 g/mol. The van der Waals surface area contributed by atoms with Crippen LogP contribution in [0.5, 0.6) is 5.75 Å². The van der Waals surface area contributed by atoms with Gasteiger partial charge in [-0.25, -0.2) is 4.39 Å². The van der Waals surface area contributed by atoms with Crippen molar-refractivity contribution in [2.75, 3.05) is 6.61 Å². The summed E-state index contributed by atoms with van der Waals surface area (Å²) in [6.07, 6.45) is 2.90. The minimum absolute atomic E-state index is 0.0357. The van der Waals surface area contributed by atoms with Crippen molar-refractivity contribution in [1.29, 1.82) is 0 Å². The van der Waals surface area contributed by atoms with Crippen LogP contribution < -0.4 is 4.74 Å². The van der Waals surface area contributed by atoms with Gasteiger partial charge in [0, 0.05) is 17.5 Å². The first kappa shape index (κ1) is 14.4. The molecule has 20 heavy (non-hydrogen) atoms. The van der Waals surface area contributed by atoms with Crippen LogP contribution in [0.25, 0.3) is 0 Å². The van der Waals surface area contributed by atoms with Crippen molar-refractivity contribution in [3.05, 3.63) is 33.6 Å². The highest BCUT2D eigenvalue weighted by molar-refractivity contribution is 5.84. The monoisotopic (exact) mass is 281 g/mol. The van der Waals surface area contributed by atoms with Gasteiger partial charge in [-0.05, 0) is 19.3 Å². The largest absolute Gasteiger partial charge is 0.482 e. The molecule has 0 aliphatic heterocycles. The molecule has 5 nitrogen and oxygen atoms in total. The molecule has 1 aliphatic carbocycles. The number of benzene rings is 1. The first-order valence-electron chi connectivity index (χ1n) is 6.65. The summed E-state index contributed by atoms with van der Waals surface area (Å²) in [7, 11) is 0. The number of ether oxygens (including phenoxy) is 1. The fraction of sp³-hybridized carbons (Fsp3) is 0.500. The topological polar surface area (TPSA) is 69.4 Å². The third kappa shape index (κ3) is 3.31. The van der Waals surface area contributed by atoms with Gasteiger partial charge < -0.3 is 4.74 Å². The number of carbonyl (C=O) groups is 1. The Hall–Kier alpha value is -1.98. The zero-order chi connectivity index (χ0) is 14.7. The number of ketones is 1. The Kier molecular flexibility index (Phi) is 4.32. The minimum Gasteiger partial charge on any atom is -0.482 e. The Bertz CT molecular complexity index is 540. The van der Waals surface area contributed by atoms with Crippen LogP contribution in [-0.4, -0.2) is 17.3 Å². The number of non-ortho nitro benzene ring substituents is 1. The second-order valence-electron chi connectivity index (χ2n) is 4.95. The third-order valence-electron chi connectivity index (χ3n) is 3.23. The molecule has 0 saturated heterocycles. The van der Waals surface area contributed by atoms with Gasteiger partial charge in [0.25, 0.3) is 5.69 Å². The van der Waals surface area contributed by atoms with Crippen molar-refractivity contribution in [2.45, 2.75) is 32.6 Å². The molecule has 0 spiro atoms. The van der Waals surface area contributed by atoms with E-state index < -0.39 is 10.7 Å². The van der Waals surface area contributed by atoms with Gasteiger partial charge in [0.15, 0.2) is 17.3 Å².